The van der Waals surface area contributed by atoms with E-state index in [-0.39, 0.29) is 0 Å². The van der Waals surface area contributed by atoms with Gasteiger partial charge in [-0.15, -0.1) is 0 Å². The van der Waals surface area contributed by atoms with E-state index in [1.54, 1.807) is 0 Å². The Kier molecular flexibility index (Phi) is 4.26. The highest BCUT2D eigenvalue weighted by Gasteiger charge is 2.35. The van der Waals surface area contributed by atoms with Crippen molar-refractivity contribution in [1.82, 2.24) is 10.2 Å². The maximum absolute atomic E-state index is 3.68. The van der Waals surface area contributed by atoms with Crippen LogP contribution in [0.25, 0.3) is 0 Å². The first kappa shape index (κ1) is 12.4. The molecule has 1 aliphatic carbocycles. The van der Waals surface area contributed by atoms with E-state index in [0.29, 0.717) is 11.5 Å². The van der Waals surface area contributed by atoms with Crippen molar-refractivity contribution in [3.63, 3.8) is 0 Å². The zero-order valence-electron chi connectivity index (χ0n) is 11.1. The SMILES string of the molecule is CC(C)NCC1(CN2CCCC2)CCCC1. The fourth-order valence-corrected chi connectivity index (χ4v) is 3.35. The Bertz CT molecular complexity index is 201. The lowest BCUT2D eigenvalue weighted by Gasteiger charge is -2.34. The molecule has 0 spiro atoms. The van der Waals surface area contributed by atoms with Gasteiger partial charge in [-0.25, -0.2) is 0 Å². The van der Waals surface area contributed by atoms with E-state index in [9.17, 15) is 0 Å². The van der Waals surface area contributed by atoms with Crippen LogP contribution >= 0.6 is 0 Å². The number of hydrogen-bond donors (Lipinski definition) is 1. The predicted octanol–water partition coefficient (Wildman–Crippen LogP) is 2.64. The molecule has 1 heterocycles. The third-order valence-corrected chi connectivity index (χ3v) is 4.31. The average Bonchev–Trinajstić information content (AvgIpc) is 2.88. The summed E-state index contributed by atoms with van der Waals surface area (Å²) in [6.45, 7) is 9.82. The molecule has 2 heteroatoms. The Balaban J connectivity index is 1.86. The van der Waals surface area contributed by atoms with Crippen LogP contribution in [0.2, 0.25) is 0 Å². The van der Waals surface area contributed by atoms with Gasteiger partial charge in [0.05, 0.1) is 0 Å². The van der Waals surface area contributed by atoms with Crippen LogP contribution < -0.4 is 5.32 Å². The summed E-state index contributed by atoms with van der Waals surface area (Å²) in [5.41, 5.74) is 0.606. The van der Waals surface area contributed by atoms with Crippen molar-refractivity contribution in [2.75, 3.05) is 26.2 Å². The molecule has 1 N–H and O–H groups in total. The first-order chi connectivity index (χ1) is 7.70. The van der Waals surface area contributed by atoms with E-state index in [1.165, 1.54) is 64.7 Å². The van der Waals surface area contributed by atoms with Crippen LogP contribution in [0.15, 0.2) is 0 Å². The fourth-order valence-electron chi connectivity index (χ4n) is 3.35. The number of hydrogen-bond acceptors (Lipinski definition) is 2. The van der Waals surface area contributed by atoms with E-state index in [2.05, 4.69) is 24.1 Å². The van der Waals surface area contributed by atoms with Gasteiger partial charge >= 0.3 is 0 Å². The van der Waals surface area contributed by atoms with Gasteiger partial charge in [-0.3, -0.25) is 0 Å². The molecule has 0 amide bonds. The first-order valence-corrected chi connectivity index (χ1v) is 7.16. The number of nitrogens with zero attached hydrogens (tertiary/aromatic N) is 1. The minimum atomic E-state index is 0.606. The Hall–Kier alpha value is -0.0800. The summed E-state index contributed by atoms with van der Waals surface area (Å²) in [4.78, 5) is 2.70. The van der Waals surface area contributed by atoms with Crippen LogP contribution in [0.1, 0.15) is 52.4 Å². The highest BCUT2D eigenvalue weighted by atomic mass is 15.1. The van der Waals surface area contributed by atoms with Gasteiger partial charge in [0.25, 0.3) is 0 Å². The van der Waals surface area contributed by atoms with Crippen molar-refractivity contribution in [3.05, 3.63) is 0 Å². The smallest absolute Gasteiger partial charge is 0.00501 e. The zero-order chi connectivity index (χ0) is 11.4. The summed E-state index contributed by atoms with van der Waals surface area (Å²) in [5.74, 6) is 0. The van der Waals surface area contributed by atoms with E-state index in [0.717, 1.165) is 0 Å². The molecule has 2 fully saturated rings. The third-order valence-electron chi connectivity index (χ3n) is 4.31. The molecule has 2 aliphatic rings. The van der Waals surface area contributed by atoms with Crippen molar-refractivity contribution in [2.24, 2.45) is 5.41 Å². The summed E-state index contributed by atoms with van der Waals surface area (Å²) in [6, 6.07) is 0.635. The highest BCUT2D eigenvalue weighted by Crippen LogP contribution is 2.39. The fraction of sp³-hybridized carbons (Fsp3) is 1.00. The van der Waals surface area contributed by atoms with Crippen LogP contribution in [-0.4, -0.2) is 37.1 Å². The second kappa shape index (κ2) is 5.50. The molecule has 16 heavy (non-hydrogen) atoms. The Morgan fingerprint density at radius 3 is 2.25 bits per heavy atom. The van der Waals surface area contributed by atoms with Crippen molar-refractivity contribution in [2.45, 2.75) is 58.4 Å². The van der Waals surface area contributed by atoms with E-state index in [1.807, 2.05) is 0 Å². The molecule has 1 saturated heterocycles. The van der Waals surface area contributed by atoms with E-state index in [4.69, 9.17) is 0 Å². The molecule has 1 aliphatic heterocycles. The summed E-state index contributed by atoms with van der Waals surface area (Å²) in [6.07, 6.45) is 8.65. The van der Waals surface area contributed by atoms with Crippen LogP contribution in [0.3, 0.4) is 0 Å². The van der Waals surface area contributed by atoms with Gasteiger partial charge in [-0.05, 0) is 44.2 Å². The molecular weight excluding hydrogens is 196 g/mol. The van der Waals surface area contributed by atoms with Crippen LogP contribution in [0.4, 0.5) is 0 Å². The van der Waals surface area contributed by atoms with Gasteiger partial charge in [-0.2, -0.15) is 0 Å². The molecule has 1 saturated carbocycles. The standard InChI is InChI=1S/C14H28N2/c1-13(2)15-11-14(7-3-4-8-14)12-16-9-5-6-10-16/h13,15H,3-12H2,1-2H3. The summed E-state index contributed by atoms with van der Waals surface area (Å²) >= 11 is 0. The average molecular weight is 224 g/mol. The van der Waals surface area contributed by atoms with Crippen LogP contribution in [0.5, 0.6) is 0 Å². The number of nitrogens with one attached hydrogen (secondary N) is 1. The number of likely N-dealkylation sites (tertiary alicyclic amines) is 1. The predicted molar refractivity (Wildman–Crippen MR) is 69.7 cm³/mol. The van der Waals surface area contributed by atoms with E-state index >= 15 is 0 Å². The van der Waals surface area contributed by atoms with Gasteiger partial charge in [0.2, 0.25) is 0 Å². The second-order valence-corrected chi connectivity index (χ2v) is 6.23. The van der Waals surface area contributed by atoms with Crippen molar-refractivity contribution < 1.29 is 0 Å². The maximum atomic E-state index is 3.68. The van der Waals surface area contributed by atoms with Crippen molar-refractivity contribution >= 4 is 0 Å². The quantitative estimate of drug-likeness (QED) is 0.772. The Morgan fingerprint density at radius 2 is 1.69 bits per heavy atom. The van der Waals surface area contributed by atoms with Crippen LogP contribution in [-0.2, 0) is 0 Å². The molecule has 0 unspecified atom stereocenters. The monoisotopic (exact) mass is 224 g/mol. The summed E-state index contributed by atoms with van der Waals surface area (Å²) in [7, 11) is 0. The van der Waals surface area contributed by atoms with Gasteiger partial charge in [-0.1, -0.05) is 26.7 Å². The Labute approximate surface area is 101 Å². The molecule has 0 atom stereocenters. The molecule has 2 rings (SSSR count). The highest BCUT2D eigenvalue weighted by molar-refractivity contribution is 4.90. The summed E-state index contributed by atoms with van der Waals surface area (Å²) in [5, 5.41) is 3.68. The molecule has 0 aromatic rings. The second-order valence-electron chi connectivity index (χ2n) is 6.23. The Morgan fingerprint density at radius 1 is 1.06 bits per heavy atom. The molecule has 2 nitrogen and oxygen atoms in total. The molecule has 0 aromatic carbocycles. The molecule has 0 aromatic heterocycles. The largest absolute Gasteiger partial charge is 0.314 e. The van der Waals surface area contributed by atoms with Gasteiger partial charge < -0.3 is 10.2 Å². The van der Waals surface area contributed by atoms with Gasteiger partial charge in [0.15, 0.2) is 0 Å². The van der Waals surface area contributed by atoms with Crippen molar-refractivity contribution in [1.29, 1.82) is 0 Å². The lowest BCUT2D eigenvalue weighted by atomic mass is 9.85. The van der Waals surface area contributed by atoms with Gasteiger partial charge in [0.1, 0.15) is 0 Å². The third kappa shape index (κ3) is 3.21. The minimum Gasteiger partial charge on any atom is -0.314 e. The normalized spacial score (nSPS) is 25.7. The zero-order valence-corrected chi connectivity index (χ0v) is 11.1. The van der Waals surface area contributed by atoms with Crippen LogP contribution in [0, 0.1) is 5.41 Å². The number of rotatable bonds is 5. The van der Waals surface area contributed by atoms with E-state index < -0.39 is 0 Å². The lowest BCUT2D eigenvalue weighted by molar-refractivity contribution is 0.169. The lowest BCUT2D eigenvalue weighted by Crippen LogP contribution is -2.43. The summed E-state index contributed by atoms with van der Waals surface area (Å²) < 4.78 is 0. The molecular formula is C14H28N2. The molecule has 94 valence electrons. The molecule has 0 radical (unpaired) electrons. The first-order valence-electron chi connectivity index (χ1n) is 7.16. The minimum absolute atomic E-state index is 0.606. The molecule has 0 bridgehead atoms. The van der Waals surface area contributed by atoms with Gasteiger partial charge in [0, 0.05) is 19.1 Å². The van der Waals surface area contributed by atoms with Crippen molar-refractivity contribution in [3.8, 4) is 0 Å². The topological polar surface area (TPSA) is 15.3 Å². The maximum Gasteiger partial charge on any atom is 0.00501 e.